The van der Waals surface area contributed by atoms with E-state index in [4.69, 9.17) is 0 Å². The lowest BCUT2D eigenvalue weighted by atomic mass is 10.1. The molecule has 1 aliphatic rings. The molecule has 0 atom stereocenters. The first-order chi connectivity index (χ1) is 11.8. The van der Waals surface area contributed by atoms with E-state index in [1.54, 1.807) is 0 Å². The van der Waals surface area contributed by atoms with Crippen LogP contribution >= 0.6 is 0 Å². The minimum absolute atomic E-state index is 1.08. The number of benzene rings is 2. The molecule has 0 aromatic heterocycles. The first kappa shape index (κ1) is 16.9. The van der Waals surface area contributed by atoms with E-state index in [0.29, 0.717) is 0 Å². The summed E-state index contributed by atoms with van der Waals surface area (Å²) in [5.41, 5.74) is 4.26. The lowest BCUT2D eigenvalue weighted by Crippen LogP contribution is -2.46. The Morgan fingerprint density at radius 2 is 1.42 bits per heavy atom. The SMILES string of the molecule is CC/C(=C\c1ccccc1)CN1CCN(Cc2ccccc2)CC1. The molecule has 1 fully saturated rings. The van der Waals surface area contributed by atoms with E-state index >= 15 is 0 Å². The highest BCUT2D eigenvalue weighted by atomic mass is 15.3. The summed E-state index contributed by atoms with van der Waals surface area (Å²) in [6.45, 7) is 9.10. The van der Waals surface area contributed by atoms with Gasteiger partial charge in [0.25, 0.3) is 0 Å². The Kier molecular flexibility index (Phi) is 6.22. The van der Waals surface area contributed by atoms with Crippen LogP contribution in [0.3, 0.4) is 0 Å². The molecule has 0 radical (unpaired) electrons. The molecule has 0 bridgehead atoms. The molecule has 0 unspecified atom stereocenters. The zero-order valence-electron chi connectivity index (χ0n) is 14.7. The third-order valence-corrected chi connectivity index (χ3v) is 4.77. The first-order valence-electron chi connectivity index (χ1n) is 9.06. The van der Waals surface area contributed by atoms with Gasteiger partial charge in [0.1, 0.15) is 0 Å². The topological polar surface area (TPSA) is 6.48 Å². The van der Waals surface area contributed by atoms with Gasteiger partial charge in [-0.1, -0.05) is 79.2 Å². The molecular formula is C22H28N2. The van der Waals surface area contributed by atoms with E-state index in [1.807, 2.05) is 0 Å². The van der Waals surface area contributed by atoms with Crippen molar-refractivity contribution in [3.63, 3.8) is 0 Å². The number of nitrogens with zero attached hydrogens (tertiary/aromatic N) is 2. The van der Waals surface area contributed by atoms with Crippen molar-refractivity contribution in [2.45, 2.75) is 19.9 Å². The van der Waals surface area contributed by atoms with Crippen molar-refractivity contribution in [1.82, 2.24) is 9.80 Å². The maximum absolute atomic E-state index is 2.60. The summed E-state index contributed by atoms with van der Waals surface area (Å²) in [6, 6.07) is 21.5. The van der Waals surface area contributed by atoms with Gasteiger partial charge in [-0.15, -0.1) is 0 Å². The Labute approximate surface area is 146 Å². The quantitative estimate of drug-likeness (QED) is 0.783. The molecule has 3 rings (SSSR count). The second kappa shape index (κ2) is 8.81. The van der Waals surface area contributed by atoms with Gasteiger partial charge in [0.15, 0.2) is 0 Å². The van der Waals surface area contributed by atoms with Crippen molar-refractivity contribution >= 4 is 6.08 Å². The third-order valence-electron chi connectivity index (χ3n) is 4.77. The molecule has 2 aromatic rings. The Morgan fingerprint density at radius 3 is 2.04 bits per heavy atom. The molecule has 0 amide bonds. The van der Waals surface area contributed by atoms with Gasteiger partial charge in [-0.3, -0.25) is 9.80 Å². The van der Waals surface area contributed by atoms with Crippen molar-refractivity contribution in [2.24, 2.45) is 0 Å². The standard InChI is InChI=1S/C22H28N2/c1-2-20(17-21-9-5-3-6-10-21)18-23-13-15-24(16-14-23)19-22-11-7-4-8-12-22/h3-12,17H,2,13-16,18-19H2,1H3/b20-17+. The van der Waals surface area contributed by atoms with E-state index in [1.165, 1.54) is 29.8 Å². The van der Waals surface area contributed by atoms with Crippen LogP contribution in [0.1, 0.15) is 24.5 Å². The van der Waals surface area contributed by atoms with Crippen LogP contribution in [-0.4, -0.2) is 42.5 Å². The van der Waals surface area contributed by atoms with Crippen LogP contribution in [0.5, 0.6) is 0 Å². The van der Waals surface area contributed by atoms with Crippen LogP contribution in [-0.2, 0) is 6.54 Å². The second-order valence-electron chi connectivity index (χ2n) is 6.60. The summed E-state index contributed by atoms with van der Waals surface area (Å²) in [6.07, 6.45) is 3.48. The van der Waals surface area contributed by atoms with Gasteiger partial charge in [-0.25, -0.2) is 0 Å². The number of hydrogen-bond donors (Lipinski definition) is 0. The molecule has 2 aromatic carbocycles. The summed E-state index contributed by atoms with van der Waals surface area (Å²) in [5, 5.41) is 0. The minimum atomic E-state index is 1.08. The van der Waals surface area contributed by atoms with Crippen molar-refractivity contribution in [1.29, 1.82) is 0 Å². The number of rotatable bonds is 6. The molecule has 0 aliphatic carbocycles. The van der Waals surface area contributed by atoms with Crippen LogP contribution in [0.4, 0.5) is 0 Å². The third kappa shape index (κ3) is 5.05. The number of piperazine rings is 1. The summed E-state index contributed by atoms with van der Waals surface area (Å²) in [7, 11) is 0. The first-order valence-corrected chi connectivity index (χ1v) is 9.06. The van der Waals surface area contributed by atoms with Gasteiger partial charge >= 0.3 is 0 Å². The highest BCUT2D eigenvalue weighted by Crippen LogP contribution is 2.14. The lowest BCUT2D eigenvalue weighted by molar-refractivity contribution is 0.134. The van der Waals surface area contributed by atoms with Crippen molar-refractivity contribution in [3.8, 4) is 0 Å². The Morgan fingerprint density at radius 1 is 0.833 bits per heavy atom. The molecule has 2 heteroatoms. The van der Waals surface area contributed by atoms with E-state index in [0.717, 1.165) is 32.6 Å². The highest BCUT2D eigenvalue weighted by molar-refractivity contribution is 5.52. The molecule has 1 saturated heterocycles. The molecule has 0 N–H and O–H groups in total. The van der Waals surface area contributed by atoms with Crippen molar-refractivity contribution in [3.05, 3.63) is 77.4 Å². The number of hydrogen-bond acceptors (Lipinski definition) is 2. The van der Waals surface area contributed by atoms with Gasteiger partial charge in [-0.05, 0) is 17.5 Å². The zero-order valence-corrected chi connectivity index (χ0v) is 14.7. The average molecular weight is 320 g/mol. The fraction of sp³-hybridized carbons (Fsp3) is 0.364. The van der Waals surface area contributed by atoms with Crippen LogP contribution in [0.25, 0.3) is 6.08 Å². The fourth-order valence-corrected chi connectivity index (χ4v) is 3.28. The van der Waals surface area contributed by atoms with E-state index in [-0.39, 0.29) is 0 Å². The predicted molar refractivity (Wildman–Crippen MR) is 103 cm³/mol. The fourth-order valence-electron chi connectivity index (χ4n) is 3.28. The van der Waals surface area contributed by atoms with Crippen LogP contribution in [0.2, 0.25) is 0 Å². The lowest BCUT2D eigenvalue weighted by Gasteiger charge is -2.35. The molecule has 24 heavy (non-hydrogen) atoms. The summed E-state index contributed by atoms with van der Waals surface area (Å²) < 4.78 is 0. The van der Waals surface area contributed by atoms with Gasteiger partial charge in [-0.2, -0.15) is 0 Å². The molecule has 0 spiro atoms. The summed E-state index contributed by atoms with van der Waals surface area (Å²) >= 11 is 0. The van der Waals surface area contributed by atoms with Crippen LogP contribution < -0.4 is 0 Å². The molecule has 126 valence electrons. The Bertz CT molecular complexity index is 626. The summed E-state index contributed by atoms with van der Waals surface area (Å²) in [5.74, 6) is 0. The van der Waals surface area contributed by atoms with E-state index < -0.39 is 0 Å². The smallest absolute Gasteiger partial charge is 0.0234 e. The van der Waals surface area contributed by atoms with Crippen LogP contribution in [0, 0.1) is 0 Å². The highest BCUT2D eigenvalue weighted by Gasteiger charge is 2.17. The molecule has 1 heterocycles. The van der Waals surface area contributed by atoms with Gasteiger partial charge in [0, 0.05) is 39.3 Å². The average Bonchev–Trinajstić information content (AvgIpc) is 2.64. The van der Waals surface area contributed by atoms with E-state index in [9.17, 15) is 0 Å². The predicted octanol–water partition coefficient (Wildman–Crippen LogP) is 4.30. The monoisotopic (exact) mass is 320 g/mol. The summed E-state index contributed by atoms with van der Waals surface area (Å²) in [4.78, 5) is 5.16. The molecule has 1 aliphatic heterocycles. The van der Waals surface area contributed by atoms with Crippen molar-refractivity contribution < 1.29 is 0 Å². The van der Waals surface area contributed by atoms with Crippen LogP contribution in [0.15, 0.2) is 66.2 Å². The molecule has 2 nitrogen and oxygen atoms in total. The van der Waals surface area contributed by atoms with Gasteiger partial charge in [0.2, 0.25) is 0 Å². The molecular weight excluding hydrogens is 292 g/mol. The zero-order chi connectivity index (χ0) is 16.6. The maximum Gasteiger partial charge on any atom is 0.0234 e. The van der Waals surface area contributed by atoms with Gasteiger partial charge < -0.3 is 0 Å². The second-order valence-corrected chi connectivity index (χ2v) is 6.60. The Hall–Kier alpha value is -1.90. The Balaban J connectivity index is 1.50. The maximum atomic E-state index is 2.60. The molecule has 0 saturated carbocycles. The largest absolute Gasteiger partial charge is 0.297 e. The normalized spacial score (nSPS) is 17.1. The van der Waals surface area contributed by atoms with Gasteiger partial charge in [0.05, 0.1) is 0 Å². The van der Waals surface area contributed by atoms with E-state index in [2.05, 4.69) is 83.5 Å². The minimum Gasteiger partial charge on any atom is -0.297 e. The van der Waals surface area contributed by atoms with Crippen molar-refractivity contribution in [2.75, 3.05) is 32.7 Å².